The van der Waals surface area contributed by atoms with Crippen molar-refractivity contribution in [1.82, 2.24) is 4.90 Å². The second-order valence-electron chi connectivity index (χ2n) is 16.3. The molecule has 278 valence electrons. The zero-order valence-electron chi connectivity index (χ0n) is 30.2. The molecule has 51 heavy (non-hydrogen) atoms. The summed E-state index contributed by atoms with van der Waals surface area (Å²) in [5.74, 6) is -3.74. The number of carbonyl (C=O) groups excluding carboxylic acids is 4. The fraction of sp³-hybridized carbons (Fsp3) is 0.737. The first-order valence-electron chi connectivity index (χ1n) is 18.4. The van der Waals surface area contributed by atoms with Crippen LogP contribution in [0.3, 0.4) is 0 Å². The molecule has 0 aromatic heterocycles. The molecule has 2 amide bonds. The second kappa shape index (κ2) is 11.8. The Morgan fingerprint density at radius 1 is 1.06 bits per heavy atom. The number of ether oxygens (including phenoxy) is 5. The SMILES string of the molecule is CCN1C[C@]2(COC(=O)c3ccccc3N3C(=O)C[C@@H](C)C3=O)CC[C@H](OC)[C@]34[C@@H]5C[C@H]6[C@H](OC(C)=O)[C@@H]5[C@](O)(C[C@@H]6OC)[C@](O)([C@@H](OC)[C@H]23)[C@@H]14. The van der Waals surface area contributed by atoms with E-state index in [0.717, 1.165) is 4.90 Å². The molecule has 1 spiro atoms. The number of likely N-dealkylation sites (N-methyl/N-ethyl adjacent to an activating group) is 1. The molecule has 2 aliphatic heterocycles. The van der Waals surface area contributed by atoms with Crippen molar-refractivity contribution in [3.63, 3.8) is 0 Å². The molecule has 7 aliphatic rings. The highest BCUT2D eigenvalue weighted by Gasteiger charge is 2.92. The predicted molar refractivity (Wildman–Crippen MR) is 179 cm³/mol. The summed E-state index contributed by atoms with van der Waals surface area (Å²) >= 11 is 0. The molecule has 2 heterocycles. The Kier molecular flexibility index (Phi) is 8.11. The smallest absolute Gasteiger partial charge is 0.340 e. The van der Waals surface area contributed by atoms with E-state index in [1.807, 2.05) is 6.92 Å². The number of amides is 2. The highest BCUT2D eigenvalue weighted by molar-refractivity contribution is 6.22. The molecule has 5 saturated carbocycles. The van der Waals surface area contributed by atoms with Crippen LogP contribution in [0, 0.1) is 40.4 Å². The number of nitrogens with zero attached hydrogens (tertiary/aromatic N) is 2. The number of piperidine rings is 1. The van der Waals surface area contributed by atoms with Gasteiger partial charge in [-0.15, -0.1) is 0 Å². The Labute approximate surface area is 297 Å². The molecule has 1 aromatic carbocycles. The zero-order chi connectivity index (χ0) is 36.4. The fourth-order valence-corrected chi connectivity index (χ4v) is 13.2. The number of benzene rings is 1. The lowest BCUT2D eigenvalue weighted by molar-refractivity contribution is -0.319. The highest BCUT2D eigenvalue weighted by atomic mass is 16.6. The number of carbonyl (C=O) groups is 4. The van der Waals surface area contributed by atoms with Crippen molar-refractivity contribution in [1.29, 1.82) is 0 Å². The Bertz CT molecular complexity index is 1650. The van der Waals surface area contributed by atoms with Crippen LogP contribution in [0.15, 0.2) is 24.3 Å². The van der Waals surface area contributed by atoms with Gasteiger partial charge in [0.2, 0.25) is 11.8 Å². The van der Waals surface area contributed by atoms with E-state index in [0.29, 0.717) is 32.4 Å². The number of methoxy groups -OCH3 is 3. The number of rotatable bonds is 9. The zero-order valence-corrected chi connectivity index (χ0v) is 30.2. The minimum absolute atomic E-state index is 0.0201. The first kappa shape index (κ1) is 35.1. The van der Waals surface area contributed by atoms with Crippen LogP contribution < -0.4 is 4.90 Å². The maximum atomic E-state index is 14.1. The van der Waals surface area contributed by atoms with Crippen molar-refractivity contribution < 1.29 is 53.1 Å². The third-order valence-electron chi connectivity index (χ3n) is 14.6. The number of fused-ring (bicyclic) bond motifs is 2. The summed E-state index contributed by atoms with van der Waals surface area (Å²) in [5, 5.41) is 26.7. The number of imide groups is 1. The third kappa shape index (κ3) is 4.19. The number of hydrogen-bond acceptors (Lipinski definition) is 12. The molecule has 8 rings (SSSR count). The van der Waals surface area contributed by atoms with Gasteiger partial charge in [0, 0.05) is 82.1 Å². The summed E-state index contributed by atoms with van der Waals surface area (Å²) in [6.45, 7) is 6.10. The molecule has 5 aliphatic carbocycles. The van der Waals surface area contributed by atoms with Crippen molar-refractivity contribution in [3.05, 3.63) is 29.8 Å². The Hall–Kier alpha value is -2.94. The molecule has 7 bridgehead atoms. The number of anilines is 1. The average molecular weight is 711 g/mol. The van der Waals surface area contributed by atoms with Gasteiger partial charge < -0.3 is 33.9 Å². The van der Waals surface area contributed by atoms with Crippen LogP contribution in [0.5, 0.6) is 0 Å². The molecule has 13 heteroatoms. The summed E-state index contributed by atoms with van der Waals surface area (Å²) in [7, 11) is 4.85. The normalized spacial score (nSPS) is 46.4. The highest BCUT2D eigenvalue weighted by Crippen LogP contribution is 2.80. The van der Waals surface area contributed by atoms with Gasteiger partial charge in [-0.05, 0) is 43.9 Å². The maximum Gasteiger partial charge on any atom is 0.340 e. The first-order valence-corrected chi connectivity index (χ1v) is 18.4. The second-order valence-corrected chi connectivity index (χ2v) is 16.3. The van der Waals surface area contributed by atoms with Gasteiger partial charge in [0.05, 0.1) is 42.2 Å². The molecule has 7 fully saturated rings. The summed E-state index contributed by atoms with van der Waals surface area (Å²) in [6.07, 6.45) is -0.303. The lowest BCUT2D eigenvalue weighted by atomic mass is 9.42. The molecule has 1 aromatic rings. The molecule has 14 atom stereocenters. The van der Waals surface area contributed by atoms with Crippen LogP contribution in [0.25, 0.3) is 0 Å². The molecule has 13 nitrogen and oxygen atoms in total. The van der Waals surface area contributed by atoms with Crippen molar-refractivity contribution in [3.8, 4) is 0 Å². The number of aliphatic hydroxyl groups is 2. The van der Waals surface area contributed by atoms with E-state index in [1.54, 1.807) is 52.5 Å². The van der Waals surface area contributed by atoms with E-state index in [1.165, 1.54) is 6.92 Å². The van der Waals surface area contributed by atoms with E-state index in [2.05, 4.69) is 4.90 Å². The van der Waals surface area contributed by atoms with Gasteiger partial charge in [0.1, 0.15) is 17.3 Å². The number of esters is 2. The molecule has 0 unspecified atom stereocenters. The topological polar surface area (TPSA) is 161 Å². The standard InChI is InChI=1S/C38H50N2O11/c1-7-39-17-35(18-50-33(44)21-10-8-9-11-24(21)40-27(42)14-19(2)32(40)43)13-12-26(48-5)37-23-15-22-25(47-4)16-36(45,28(23)29(22)51-20(3)41)38(46,34(37)39)31(49-6)30(35)37/h8-11,19,22-23,25-26,28-31,34,45-46H,7,12-18H2,1-6H3/t19-,22-,23-,25+,26+,28-,29+,30-,31+,34+,35+,36-,37-,38+/m1/s1. The van der Waals surface area contributed by atoms with Crippen molar-refractivity contribution in [2.24, 2.45) is 40.4 Å². The van der Waals surface area contributed by atoms with E-state index in [-0.39, 0.29) is 60.5 Å². The Morgan fingerprint density at radius 2 is 1.80 bits per heavy atom. The monoisotopic (exact) mass is 710 g/mol. The summed E-state index contributed by atoms with van der Waals surface area (Å²) in [5.41, 5.74) is -4.72. The number of likely N-dealkylation sites (tertiary alicyclic amines) is 1. The van der Waals surface area contributed by atoms with Gasteiger partial charge in [0.15, 0.2) is 0 Å². The maximum absolute atomic E-state index is 14.1. The summed E-state index contributed by atoms with van der Waals surface area (Å²) in [4.78, 5) is 55.9. The van der Waals surface area contributed by atoms with Crippen molar-refractivity contribution >= 4 is 29.4 Å². The molecular formula is C38H50N2O11. The minimum atomic E-state index is -1.82. The van der Waals surface area contributed by atoms with Crippen molar-refractivity contribution in [2.75, 3.05) is 45.9 Å². The molecular weight excluding hydrogens is 660 g/mol. The van der Waals surface area contributed by atoms with Gasteiger partial charge in [-0.1, -0.05) is 26.0 Å². The van der Waals surface area contributed by atoms with E-state index in [9.17, 15) is 29.4 Å². The van der Waals surface area contributed by atoms with Crippen LogP contribution in [0.1, 0.15) is 63.2 Å². The first-order chi connectivity index (χ1) is 24.3. The van der Waals surface area contributed by atoms with E-state index >= 15 is 0 Å². The lowest BCUT2D eigenvalue weighted by Gasteiger charge is -2.70. The van der Waals surface area contributed by atoms with Gasteiger partial charge in [0.25, 0.3) is 0 Å². The molecule has 2 N–H and O–H groups in total. The van der Waals surface area contributed by atoms with Gasteiger partial charge in [-0.2, -0.15) is 0 Å². The summed E-state index contributed by atoms with van der Waals surface area (Å²) < 4.78 is 31.1. The predicted octanol–water partition coefficient (Wildman–Crippen LogP) is 1.95. The average Bonchev–Trinajstić information content (AvgIpc) is 3.61. The van der Waals surface area contributed by atoms with Crippen molar-refractivity contribution in [2.45, 2.75) is 94.5 Å². The lowest BCUT2D eigenvalue weighted by Crippen LogP contribution is -2.82. The van der Waals surface area contributed by atoms with Gasteiger partial charge in [-0.3, -0.25) is 19.3 Å². The molecule has 0 radical (unpaired) electrons. The van der Waals surface area contributed by atoms with Crippen LogP contribution in [0.2, 0.25) is 0 Å². The number of para-hydroxylation sites is 1. The summed E-state index contributed by atoms with van der Waals surface area (Å²) in [6, 6.07) is 5.95. The van der Waals surface area contributed by atoms with Gasteiger partial charge >= 0.3 is 11.9 Å². The Morgan fingerprint density at radius 3 is 2.43 bits per heavy atom. The molecule has 2 saturated heterocycles. The van der Waals surface area contributed by atoms with E-state index in [4.69, 9.17) is 23.7 Å². The van der Waals surface area contributed by atoms with Crippen LogP contribution in [0.4, 0.5) is 5.69 Å². The van der Waals surface area contributed by atoms with Gasteiger partial charge in [-0.25, -0.2) is 9.69 Å². The van der Waals surface area contributed by atoms with Crippen LogP contribution in [-0.2, 0) is 38.1 Å². The minimum Gasteiger partial charge on any atom is -0.462 e. The van der Waals surface area contributed by atoms with Crippen LogP contribution in [-0.4, -0.2) is 122 Å². The quantitative estimate of drug-likeness (QED) is 0.284. The fourth-order valence-electron chi connectivity index (χ4n) is 13.2. The third-order valence-corrected chi connectivity index (χ3v) is 14.6. The van der Waals surface area contributed by atoms with Crippen LogP contribution >= 0.6 is 0 Å². The largest absolute Gasteiger partial charge is 0.462 e. The Balaban J connectivity index is 1.24. The van der Waals surface area contributed by atoms with E-state index < -0.39 is 76.1 Å². The number of hydrogen-bond donors (Lipinski definition) is 2.